The van der Waals surface area contributed by atoms with Crippen molar-refractivity contribution in [1.82, 2.24) is 15.4 Å². The zero-order valence-corrected chi connectivity index (χ0v) is 18.9. The van der Waals surface area contributed by atoms with Gasteiger partial charge in [0.25, 0.3) is 5.91 Å². The SMILES string of the molecule is CCOc1ccc(CN(C)NC(=O)c2sc(-c3ccc(Cl)cc3OC)nc2C)cc1. The second-order valence-corrected chi connectivity index (χ2v) is 8.09. The Labute approximate surface area is 185 Å². The zero-order chi connectivity index (χ0) is 21.7. The lowest BCUT2D eigenvalue weighted by atomic mass is 10.2. The summed E-state index contributed by atoms with van der Waals surface area (Å²) in [5.74, 6) is 1.26. The van der Waals surface area contributed by atoms with E-state index in [4.69, 9.17) is 21.1 Å². The average molecular weight is 446 g/mol. The number of benzene rings is 2. The number of methoxy groups -OCH3 is 1. The lowest BCUT2D eigenvalue weighted by Gasteiger charge is -2.18. The topological polar surface area (TPSA) is 63.7 Å². The van der Waals surface area contributed by atoms with Crippen LogP contribution in [0.5, 0.6) is 11.5 Å². The molecule has 0 radical (unpaired) electrons. The Bertz CT molecular complexity index is 1020. The third-order valence-electron chi connectivity index (χ3n) is 4.34. The van der Waals surface area contributed by atoms with Crippen LogP contribution in [0, 0.1) is 6.92 Å². The molecule has 0 spiro atoms. The van der Waals surface area contributed by atoms with Crippen molar-refractivity contribution >= 4 is 28.8 Å². The Morgan fingerprint density at radius 3 is 2.63 bits per heavy atom. The number of thiazole rings is 1. The Morgan fingerprint density at radius 1 is 1.23 bits per heavy atom. The van der Waals surface area contributed by atoms with Crippen LogP contribution in [0.4, 0.5) is 0 Å². The molecule has 1 heterocycles. The molecule has 0 unspecified atom stereocenters. The molecule has 0 atom stereocenters. The van der Waals surface area contributed by atoms with Crippen molar-refractivity contribution in [3.05, 3.63) is 63.6 Å². The first-order chi connectivity index (χ1) is 14.4. The number of nitrogens with one attached hydrogen (secondary N) is 1. The molecular weight excluding hydrogens is 422 g/mol. The maximum atomic E-state index is 12.8. The average Bonchev–Trinajstić information content (AvgIpc) is 3.11. The molecule has 0 aliphatic carbocycles. The van der Waals surface area contributed by atoms with Crippen LogP contribution in [0.1, 0.15) is 27.9 Å². The number of halogens is 1. The predicted molar refractivity (Wildman–Crippen MR) is 120 cm³/mol. The van der Waals surface area contributed by atoms with E-state index in [1.54, 1.807) is 24.3 Å². The van der Waals surface area contributed by atoms with Crippen molar-refractivity contribution in [1.29, 1.82) is 0 Å². The fraction of sp³-hybridized carbons (Fsp3) is 0.273. The van der Waals surface area contributed by atoms with Gasteiger partial charge in [-0.25, -0.2) is 9.99 Å². The Hall–Kier alpha value is -2.61. The highest BCUT2D eigenvalue weighted by Gasteiger charge is 2.19. The molecular formula is C22H24ClN3O3S. The number of amides is 1. The van der Waals surface area contributed by atoms with Gasteiger partial charge < -0.3 is 9.47 Å². The van der Waals surface area contributed by atoms with E-state index in [1.807, 2.05) is 51.2 Å². The maximum Gasteiger partial charge on any atom is 0.277 e. The van der Waals surface area contributed by atoms with Gasteiger partial charge in [-0.2, -0.15) is 0 Å². The van der Waals surface area contributed by atoms with E-state index >= 15 is 0 Å². The van der Waals surface area contributed by atoms with E-state index in [2.05, 4.69) is 10.4 Å². The van der Waals surface area contributed by atoms with E-state index in [0.29, 0.717) is 39.5 Å². The highest BCUT2D eigenvalue weighted by molar-refractivity contribution is 7.17. The van der Waals surface area contributed by atoms with Gasteiger partial charge in [-0.3, -0.25) is 10.2 Å². The second kappa shape index (κ2) is 9.93. The molecule has 0 aliphatic heterocycles. The lowest BCUT2D eigenvalue weighted by molar-refractivity contribution is 0.0823. The summed E-state index contributed by atoms with van der Waals surface area (Å²) >= 11 is 7.37. The number of aromatic nitrogens is 1. The van der Waals surface area contributed by atoms with Crippen LogP contribution >= 0.6 is 22.9 Å². The van der Waals surface area contributed by atoms with E-state index in [9.17, 15) is 4.79 Å². The van der Waals surface area contributed by atoms with Gasteiger partial charge in [0.15, 0.2) is 0 Å². The quantitative estimate of drug-likeness (QED) is 0.496. The van der Waals surface area contributed by atoms with Crippen molar-refractivity contribution < 1.29 is 14.3 Å². The molecule has 3 rings (SSSR count). The van der Waals surface area contributed by atoms with Crippen molar-refractivity contribution in [2.45, 2.75) is 20.4 Å². The number of hydrogen-bond acceptors (Lipinski definition) is 6. The van der Waals surface area contributed by atoms with Crippen molar-refractivity contribution in [2.24, 2.45) is 0 Å². The molecule has 6 nitrogen and oxygen atoms in total. The fourth-order valence-electron chi connectivity index (χ4n) is 2.96. The summed E-state index contributed by atoms with van der Waals surface area (Å²) in [7, 11) is 3.41. The number of nitrogens with zero attached hydrogens (tertiary/aromatic N) is 2. The van der Waals surface area contributed by atoms with Crippen LogP contribution < -0.4 is 14.9 Å². The molecule has 0 bridgehead atoms. The van der Waals surface area contributed by atoms with Crippen LogP contribution in [0.25, 0.3) is 10.6 Å². The molecule has 2 aromatic carbocycles. The van der Waals surface area contributed by atoms with Crippen molar-refractivity contribution in [3.8, 4) is 22.1 Å². The number of rotatable bonds is 8. The minimum Gasteiger partial charge on any atom is -0.496 e. The standard InChI is InChI=1S/C22H24ClN3O3S/c1-5-29-17-9-6-15(7-10-17)13-26(3)25-21(27)20-14(2)24-22(30-20)18-11-8-16(23)12-19(18)28-4/h6-12H,5,13H2,1-4H3,(H,25,27). The molecule has 0 fully saturated rings. The van der Waals surface area contributed by atoms with Gasteiger partial charge in [-0.1, -0.05) is 23.7 Å². The smallest absolute Gasteiger partial charge is 0.277 e. The van der Waals surface area contributed by atoms with Crippen LogP contribution in [0.3, 0.4) is 0 Å². The predicted octanol–water partition coefficient (Wildman–Crippen LogP) is 4.96. The minimum absolute atomic E-state index is 0.197. The number of hydrazine groups is 1. The van der Waals surface area contributed by atoms with E-state index in [-0.39, 0.29) is 5.91 Å². The zero-order valence-electron chi connectivity index (χ0n) is 17.4. The molecule has 0 aliphatic rings. The molecule has 1 N–H and O–H groups in total. The van der Waals surface area contributed by atoms with E-state index in [1.165, 1.54) is 11.3 Å². The van der Waals surface area contributed by atoms with Gasteiger partial charge in [0.1, 0.15) is 21.4 Å². The summed E-state index contributed by atoms with van der Waals surface area (Å²) in [6.45, 7) is 4.97. The van der Waals surface area contributed by atoms with Crippen LogP contribution in [0.15, 0.2) is 42.5 Å². The summed E-state index contributed by atoms with van der Waals surface area (Å²) in [5.41, 5.74) is 5.44. The first-order valence-electron chi connectivity index (χ1n) is 9.46. The minimum atomic E-state index is -0.197. The normalized spacial score (nSPS) is 10.9. The molecule has 158 valence electrons. The van der Waals surface area contributed by atoms with Gasteiger partial charge in [-0.15, -0.1) is 11.3 Å². The summed E-state index contributed by atoms with van der Waals surface area (Å²) in [5, 5.41) is 3.04. The Kier molecular flexibility index (Phi) is 7.31. The molecule has 0 saturated carbocycles. The maximum absolute atomic E-state index is 12.8. The van der Waals surface area contributed by atoms with Crippen LogP contribution in [-0.4, -0.2) is 36.7 Å². The highest BCUT2D eigenvalue weighted by Crippen LogP contribution is 2.36. The van der Waals surface area contributed by atoms with E-state index < -0.39 is 0 Å². The number of ether oxygens (including phenoxy) is 2. The number of aryl methyl sites for hydroxylation is 1. The van der Waals surface area contributed by atoms with Crippen molar-refractivity contribution in [3.63, 3.8) is 0 Å². The van der Waals surface area contributed by atoms with Gasteiger partial charge in [0.05, 0.1) is 25.0 Å². The molecule has 3 aromatic rings. The highest BCUT2D eigenvalue weighted by atomic mass is 35.5. The van der Waals surface area contributed by atoms with Crippen LogP contribution in [0.2, 0.25) is 5.02 Å². The number of carbonyl (C=O) groups is 1. The third kappa shape index (κ3) is 5.30. The van der Waals surface area contributed by atoms with Gasteiger partial charge in [0.2, 0.25) is 0 Å². The number of hydrogen-bond donors (Lipinski definition) is 1. The lowest BCUT2D eigenvalue weighted by Crippen LogP contribution is -2.38. The first kappa shape index (κ1) is 22.1. The summed E-state index contributed by atoms with van der Waals surface area (Å²) in [6.07, 6.45) is 0. The van der Waals surface area contributed by atoms with Gasteiger partial charge in [0, 0.05) is 18.6 Å². The second-order valence-electron chi connectivity index (χ2n) is 6.65. The van der Waals surface area contributed by atoms with Crippen LogP contribution in [-0.2, 0) is 6.54 Å². The number of carbonyl (C=O) groups excluding carboxylic acids is 1. The first-order valence-corrected chi connectivity index (χ1v) is 10.7. The van der Waals surface area contributed by atoms with E-state index in [0.717, 1.165) is 16.9 Å². The largest absolute Gasteiger partial charge is 0.496 e. The molecule has 8 heteroatoms. The summed E-state index contributed by atoms with van der Waals surface area (Å²) in [6, 6.07) is 13.2. The molecule has 0 saturated heterocycles. The summed E-state index contributed by atoms with van der Waals surface area (Å²) < 4.78 is 10.9. The molecule has 30 heavy (non-hydrogen) atoms. The Balaban J connectivity index is 1.70. The summed E-state index contributed by atoms with van der Waals surface area (Å²) in [4.78, 5) is 17.9. The Morgan fingerprint density at radius 2 is 1.97 bits per heavy atom. The van der Waals surface area contributed by atoms with Gasteiger partial charge in [-0.05, 0) is 49.7 Å². The third-order valence-corrected chi connectivity index (χ3v) is 5.77. The molecule has 1 amide bonds. The molecule has 1 aromatic heterocycles. The monoisotopic (exact) mass is 445 g/mol. The fourth-order valence-corrected chi connectivity index (χ4v) is 4.11. The van der Waals surface area contributed by atoms with Crippen molar-refractivity contribution in [2.75, 3.05) is 20.8 Å². The van der Waals surface area contributed by atoms with Gasteiger partial charge >= 0.3 is 0 Å².